The average molecular weight is 271 g/mol. The molecule has 1 nitrogen and oxygen atoms in total. The Kier molecular flexibility index (Phi) is 2.09. The van der Waals surface area contributed by atoms with Crippen LogP contribution in [0.25, 0.3) is 10.9 Å². The summed E-state index contributed by atoms with van der Waals surface area (Å²) in [6.45, 7) is 3.21. The van der Waals surface area contributed by atoms with E-state index in [1.54, 1.807) is 0 Å². The van der Waals surface area contributed by atoms with E-state index in [2.05, 4.69) is 64.5 Å². The lowest BCUT2D eigenvalue weighted by Crippen LogP contribution is -1.89. The second kappa shape index (κ2) is 3.09. The first-order chi connectivity index (χ1) is 5.81. The monoisotopic (exact) mass is 271 g/mol. The fraction of sp³-hybridized carbons (Fsp3) is 0.200. The molecule has 12 heavy (non-hydrogen) atoms. The van der Waals surface area contributed by atoms with Crippen molar-refractivity contribution < 1.29 is 0 Å². The number of halogens is 1. The normalized spacial score (nSPS) is 10.8. The van der Waals surface area contributed by atoms with Gasteiger partial charge in [0.25, 0.3) is 0 Å². The van der Waals surface area contributed by atoms with Crippen LogP contribution in [0.4, 0.5) is 0 Å². The van der Waals surface area contributed by atoms with Crippen molar-refractivity contribution in [3.05, 3.63) is 34.0 Å². The van der Waals surface area contributed by atoms with Crippen molar-refractivity contribution in [2.75, 3.05) is 0 Å². The lowest BCUT2D eigenvalue weighted by atomic mass is 10.2. The largest absolute Gasteiger partial charge is 0.348 e. The van der Waals surface area contributed by atoms with Gasteiger partial charge in [-0.1, -0.05) is 0 Å². The van der Waals surface area contributed by atoms with Gasteiger partial charge in [0.15, 0.2) is 0 Å². The Morgan fingerprint density at radius 3 is 2.92 bits per heavy atom. The summed E-state index contributed by atoms with van der Waals surface area (Å²) in [5, 5.41) is 1.34. The molecule has 0 bridgehead atoms. The van der Waals surface area contributed by atoms with Crippen LogP contribution >= 0.6 is 22.6 Å². The maximum absolute atomic E-state index is 2.34. The molecule has 0 aliphatic heterocycles. The van der Waals surface area contributed by atoms with Gasteiger partial charge in [-0.25, -0.2) is 0 Å². The third-order valence-electron chi connectivity index (χ3n) is 2.07. The van der Waals surface area contributed by atoms with E-state index in [9.17, 15) is 0 Å². The van der Waals surface area contributed by atoms with Crippen molar-refractivity contribution in [1.82, 2.24) is 4.57 Å². The number of hydrogen-bond donors (Lipinski definition) is 0. The van der Waals surface area contributed by atoms with E-state index in [1.165, 1.54) is 14.5 Å². The SMILES string of the molecule is CCn1ccc2cc(I)ccc21. The van der Waals surface area contributed by atoms with Crippen LogP contribution < -0.4 is 0 Å². The molecule has 62 valence electrons. The van der Waals surface area contributed by atoms with Gasteiger partial charge in [-0.2, -0.15) is 0 Å². The summed E-state index contributed by atoms with van der Waals surface area (Å²) in [6.07, 6.45) is 2.14. The molecule has 0 atom stereocenters. The zero-order valence-corrected chi connectivity index (χ0v) is 9.08. The summed E-state index contributed by atoms with van der Waals surface area (Å²) in [5.74, 6) is 0. The predicted octanol–water partition coefficient (Wildman–Crippen LogP) is 3.27. The molecule has 2 heteroatoms. The van der Waals surface area contributed by atoms with Gasteiger partial charge < -0.3 is 4.57 Å². The highest BCUT2D eigenvalue weighted by molar-refractivity contribution is 14.1. The van der Waals surface area contributed by atoms with Crippen molar-refractivity contribution >= 4 is 33.5 Å². The predicted molar refractivity (Wildman–Crippen MR) is 60.3 cm³/mol. The van der Waals surface area contributed by atoms with Crippen LogP contribution in [0, 0.1) is 3.57 Å². The fourth-order valence-corrected chi connectivity index (χ4v) is 1.96. The number of nitrogens with zero attached hydrogens (tertiary/aromatic N) is 1. The molecule has 1 aromatic heterocycles. The lowest BCUT2D eigenvalue weighted by Gasteiger charge is -1.99. The molecule has 0 spiro atoms. The molecule has 0 unspecified atom stereocenters. The van der Waals surface area contributed by atoms with Gasteiger partial charge in [0.05, 0.1) is 0 Å². The van der Waals surface area contributed by atoms with E-state index in [0.717, 1.165) is 6.54 Å². The Hall–Kier alpha value is -0.510. The van der Waals surface area contributed by atoms with Crippen LogP contribution in [0.1, 0.15) is 6.92 Å². The highest BCUT2D eigenvalue weighted by Crippen LogP contribution is 2.18. The van der Waals surface area contributed by atoms with Crippen molar-refractivity contribution in [1.29, 1.82) is 0 Å². The van der Waals surface area contributed by atoms with E-state index >= 15 is 0 Å². The summed E-state index contributed by atoms with van der Waals surface area (Å²) in [7, 11) is 0. The van der Waals surface area contributed by atoms with Crippen molar-refractivity contribution in [2.24, 2.45) is 0 Å². The molecule has 0 saturated heterocycles. The average Bonchev–Trinajstić information content (AvgIpc) is 2.46. The van der Waals surface area contributed by atoms with E-state index in [1.807, 2.05) is 0 Å². The third kappa shape index (κ3) is 1.24. The summed E-state index contributed by atoms with van der Waals surface area (Å²) in [5.41, 5.74) is 1.33. The van der Waals surface area contributed by atoms with Gasteiger partial charge in [-0.05, 0) is 53.8 Å². The summed E-state index contributed by atoms with van der Waals surface area (Å²) in [4.78, 5) is 0. The van der Waals surface area contributed by atoms with Gasteiger partial charge in [0.2, 0.25) is 0 Å². The van der Waals surface area contributed by atoms with Crippen LogP contribution in [0.3, 0.4) is 0 Å². The van der Waals surface area contributed by atoms with Gasteiger partial charge in [-0.3, -0.25) is 0 Å². The Labute approximate surface area is 85.5 Å². The van der Waals surface area contributed by atoms with Crippen LogP contribution in [0.5, 0.6) is 0 Å². The Balaban J connectivity index is 2.73. The van der Waals surface area contributed by atoms with E-state index in [-0.39, 0.29) is 0 Å². The molecule has 0 aliphatic carbocycles. The van der Waals surface area contributed by atoms with E-state index in [4.69, 9.17) is 0 Å². The highest BCUT2D eigenvalue weighted by atomic mass is 127. The van der Waals surface area contributed by atoms with E-state index < -0.39 is 0 Å². The molecule has 0 N–H and O–H groups in total. The standard InChI is InChI=1S/C10H10IN/c1-2-12-6-5-8-7-9(11)3-4-10(8)12/h3-7H,2H2,1H3. The maximum atomic E-state index is 2.34. The maximum Gasteiger partial charge on any atom is 0.0480 e. The van der Waals surface area contributed by atoms with Crippen LogP contribution in [-0.4, -0.2) is 4.57 Å². The number of aryl methyl sites for hydroxylation is 1. The Morgan fingerprint density at radius 1 is 1.33 bits per heavy atom. The molecular formula is C10H10IN. The first-order valence-corrected chi connectivity index (χ1v) is 5.13. The summed E-state index contributed by atoms with van der Waals surface area (Å²) in [6, 6.07) is 8.71. The molecule has 1 heterocycles. The minimum atomic E-state index is 1.05. The molecule has 0 saturated carbocycles. The van der Waals surface area contributed by atoms with Gasteiger partial charge >= 0.3 is 0 Å². The number of aromatic nitrogens is 1. The molecule has 0 radical (unpaired) electrons. The fourth-order valence-electron chi connectivity index (χ4n) is 1.45. The van der Waals surface area contributed by atoms with Crippen molar-refractivity contribution in [3.8, 4) is 0 Å². The van der Waals surface area contributed by atoms with Gasteiger partial charge in [-0.15, -0.1) is 0 Å². The molecule has 0 amide bonds. The van der Waals surface area contributed by atoms with Crippen LogP contribution in [0.2, 0.25) is 0 Å². The second-order valence-corrected chi connectivity index (χ2v) is 4.05. The number of rotatable bonds is 1. The lowest BCUT2D eigenvalue weighted by molar-refractivity contribution is 0.797. The van der Waals surface area contributed by atoms with E-state index in [0.29, 0.717) is 0 Å². The zero-order chi connectivity index (χ0) is 8.55. The zero-order valence-electron chi connectivity index (χ0n) is 6.92. The second-order valence-electron chi connectivity index (χ2n) is 2.80. The number of fused-ring (bicyclic) bond motifs is 1. The Bertz CT molecular complexity index is 403. The van der Waals surface area contributed by atoms with Gasteiger partial charge in [0, 0.05) is 27.2 Å². The van der Waals surface area contributed by atoms with Crippen LogP contribution in [-0.2, 0) is 6.54 Å². The number of hydrogen-bond acceptors (Lipinski definition) is 0. The van der Waals surface area contributed by atoms with Crippen molar-refractivity contribution in [2.45, 2.75) is 13.5 Å². The molecule has 1 aromatic carbocycles. The summed E-state index contributed by atoms with van der Waals surface area (Å²) >= 11 is 2.34. The molecule has 2 aromatic rings. The van der Waals surface area contributed by atoms with Gasteiger partial charge in [0.1, 0.15) is 0 Å². The molecular weight excluding hydrogens is 261 g/mol. The van der Waals surface area contributed by atoms with Crippen molar-refractivity contribution in [3.63, 3.8) is 0 Å². The third-order valence-corrected chi connectivity index (χ3v) is 2.74. The molecule has 2 rings (SSSR count). The molecule has 0 fully saturated rings. The highest BCUT2D eigenvalue weighted by Gasteiger charge is 1.98. The smallest absolute Gasteiger partial charge is 0.0480 e. The van der Waals surface area contributed by atoms with Crippen LogP contribution in [0.15, 0.2) is 30.5 Å². The minimum Gasteiger partial charge on any atom is -0.348 e. The summed E-state index contributed by atoms with van der Waals surface area (Å²) < 4.78 is 3.56. The number of benzene rings is 1. The quantitative estimate of drug-likeness (QED) is 0.701. The minimum absolute atomic E-state index is 1.05. The topological polar surface area (TPSA) is 4.93 Å². The first-order valence-electron chi connectivity index (χ1n) is 4.05. The first kappa shape index (κ1) is 8.10. The Morgan fingerprint density at radius 2 is 2.17 bits per heavy atom. The molecule has 0 aliphatic rings.